The summed E-state index contributed by atoms with van der Waals surface area (Å²) in [5, 5.41) is 3.52. The van der Waals surface area contributed by atoms with Crippen LogP contribution in [-0.4, -0.2) is 18.6 Å². The molecule has 1 aromatic carbocycles. The van der Waals surface area contributed by atoms with E-state index in [1.807, 2.05) is 0 Å². The Balaban J connectivity index is 2.10. The van der Waals surface area contributed by atoms with Gasteiger partial charge in [-0.1, -0.05) is 17.3 Å². The van der Waals surface area contributed by atoms with Crippen LogP contribution in [0.3, 0.4) is 0 Å². The van der Waals surface area contributed by atoms with Crippen molar-refractivity contribution in [3.8, 4) is 0 Å². The van der Waals surface area contributed by atoms with Crippen molar-refractivity contribution in [2.45, 2.75) is 18.4 Å². The molecule has 1 heterocycles. The van der Waals surface area contributed by atoms with Crippen LogP contribution < -0.4 is 0 Å². The van der Waals surface area contributed by atoms with Gasteiger partial charge < -0.3 is 4.52 Å². The van der Waals surface area contributed by atoms with Crippen molar-refractivity contribution in [1.82, 2.24) is 10.1 Å². The molecule has 0 amide bonds. The van der Waals surface area contributed by atoms with Gasteiger partial charge in [0.15, 0.2) is 15.7 Å². The van der Waals surface area contributed by atoms with Gasteiger partial charge >= 0.3 is 0 Å². The molecule has 0 saturated carbocycles. The van der Waals surface area contributed by atoms with Crippen molar-refractivity contribution in [3.05, 3.63) is 47.4 Å². The van der Waals surface area contributed by atoms with E-state index in [1.165, 1.54) is 24.3 Å². The van der Waals surface area contributed by atoms with Crippen LogP contribution in [0.1, 0.15) is 17.3 Å². The summed E-state index contributed by atoms with van der Waals surface area (Å²) in [4.78, 5) is 3.83. The van der Waals surface area contributed by atoms with E-state index in [1.54, 1.807) is 6.92 Å². The molecular formula is C11H11FN2O3S. The predicted octanol–water partition coefficient (Wildman–Crippen LogP) is 1.63. The van der Waals surface area contributed by atoms with Gasteiger partial charge in [0, 0.05) is 0 Å². The molecule has 0 aliphatic carbocycles. The summed E-state index contributed by atoms with van der Waals surface area (Å²) in [5.74, 6) is -0.444. The Hall–Kier alpha value is -1.76. The van der Waals surface area contributed by atoms with Gasteiger partial charge in [0.2, 0.25) is 5.89 Å². The summed E-state index contributed by atoms with van der Waals surface area (Å²) < 4.78 is 41.1. The van der Waals surface area contributed by atoms with Crippen LogP contribution in [0.2, 0.25) is 0 Å². The van der Waals surface area contributed by atoms with E-state index < -0.39 is 15.7 Å². The minimum atomic E-state index is -3.41. The van der Waals surface area contributed by atoms with Crippen LogP contribution in [0, 0.1) is 12.7 Å². The van der Waals surface area contributed by atoms with Crippen molar-refractivity contribution < 1.29 is 17.3 Å². The Morgan fingerprint density at radius 2 is 1.89 bits per heavy atom. The van der Waals surface area contributed by atoms with E-state index in [4.69, 9.17) is 4.52 Å². The van der Waals surface area contributed by atoms with E-state index in [9.17, 15) is 12.8 Å². The van der Waals surface area contributed by atoms with Crippen LogP contribution >= 0.6 is 0 Å². The summed E-state index contributed by atoms with van der Waals surface area (Å²) in [6.07, 6.45) is 0. The normalized spacial score (nSPS) is 11.7. The molecule has 0 spiro atoms. The van der Waals surface area contributed by atoms with Crippen molar-refractivity contribution in [3.63, 3.8) is 0 Å². The monoisotopic (exact) mass is 270 g/mol. The summed E-state index contributed by atoms with van der Waals surface area (Å²) in [6, 6.07) is 5.32. The van der Waals surface area contributed by atoms with Gasteiger partial charge in [-0.25, -0.2) is 12.8 Å². The first-order valence-corrected chi connectivity index (χ1v) is 7.01. The zero-order valence-electron chi connectivity index (χ0n) is 9.63. The average molecular weight is 270 g/mol. The molecule has 7 heteroatoms. The predicted molar refractivity (Wildman–Crippen MR) is 61.8 cm³/mol. The molecule has 5 nitrogen and oxygen atoms in total. The molecule has 0 N–H and O–H groups in total. The van der Waals surface area contributed by atoms with Gasteiger partial charge in [0.25, 0.3) is 0 Å². The molecule has 0 fully saturated rings. The molecule has 0 aliphatic rings. The van der Waals surface area contributed by atoms with Crippen molar-refractivity contribution in [2.24, 2.45) is 0 Å². The number of benzene rings is 1. The minimum Gasteiger partial charge on any atom is -0.338 e. The van der Waals surface area contributed by atoms with Gasteiger partial charge in [-0.05, 0) is 24.6 Å². The van der Waals surface area contributed by atoms with E-state index in [-0.39, 0.29) is 17.4 Å². The number of hydrogen-bond donors (Lipinski definition) is 0. The lowest BCUT2D eigenvalue weighted by molar-refractivity contribution is 0.384. The first kappa shape index (κ1) is 12.7. The molecular weight excluding hydrogens is 259 g/mol. The number of halogens is 1. The Morgan fingerprint density at radius 1 is 1.22 bits per heavy atom. The molecule has 1 aromatic heterocycles. The molecule has 0 aliphatic heterocycles. The molecule has 0 saturated heterocycles. The Morgan fingerprint density at radius 3 is 2.44 bits per heavy atom. The lowest BCUT2D eigenvalue weighted by atomic mass is 10.2. The van der Waals surface area contributed by atoms with Crippen LogP contribution in [0.4, 0.5) is 4.39 Å². The molecule has 18 heavy (non-hydrogen) atoms. The topological polar surface area (TPSA) is 73.1 Å². The minimum absolute atomic E-state index is 0.0645. The largest absolute Gasteiger partial charge is 0.338 e. The third-order valence-corrected chi connectivity index (χ3v) is 3.67. The molecule has 0 radical (unpaired) electrons. The number of sulfone groups is 1. The SMILES string of the molecule is Cc1noc(CS(=O)(=O)Cc2ccc(F)cc2)n1. The second kappa shape index (κ2) is 4.85. The maximum absolute atomic E-state index is 12.7. The molecule has 96 valence electrons. The molecule has 2 aromatic rings. The highest BCUT2D eigenvalue weighted by Gasteiger charge is 2.17. The standard InChI is InChI=1S/C11H11FN2O3S/c1-8-13-11(17-14-8)7-18(15,16)6-9-2-4-10(12)5-3-9/h2-5H,6-7H2,1H3. The number of aromatic nitrogens is 2. The fourth-order valence-corrected chi connectivity index (χ4v) is 2.77. The number of rotatable bonds is 4. The molecule has 0 unspecified atom stereocenters. The van der Waals surface area contributed by atoms with Crippen LogP contribution in [0.15, 0.2) is 28.8 Å². The first-order valence-electron chi connectivity index (χ1n) is 5.19. The van der Waals surface area contributed by atoms with Crippen molar-refractivity contribution in [1.29, 1.82) is 0 Å². The zero-order valence-corrected chi connectivity index (χ0v) is 10.4. The summed E-state index contributed by atoms with van der Waals surface area (Å²) in [6.45, 7) is 1.61. The second-order valence-electron chi connectivity index (χ2n) is 3.89. The van der Waals surface area contributed by atoms with E-state index in [0.717, 1.165) is 0 Å². The zero-order chi connectivity index (χ0) is 13.2. The number of hydrogen-bond acceptors (Lipinski definition) is 5. The first-order chi connectivity index (χ1) is 8.44. The number of aryl methyl sites for hydroxylation is 1. The van der Waals surface area contributed by atoms with Crippen LogP contribution in [-0.2, 0) is 21.3 Å². The number of nitrogens with zero attached hydrogens (tertiary/aromatic N) is 2. The Bertz CT molecular complexity index is 635. The van der Waals surface area contributed by atoms with Gasteiger partial charge in [-0.2, -0.15) is 4.98 Å². The van der Waals surface area contributed by atoms with Gasteiger partial charge in [0.05, 0.1) is 5.75 Å². The molecule has 0 bridgehead atoms. The summed E-state index contributed by atoms with van der Waals surface area (Å²) in [7, 11) is -3.41. The maximum atomic E-state index is 12.7. The van der Waals surface area contributed by atoms with Gasteiger partial charge in [-0.15, -0.1) is 0 Å². The second-order valence-corrected chi connectivity index (χ2v) is 5.96. The van der Waals surface area contributed by atoms with Gasteiger partial charge in [-0.3, -0.25) is 0 Å². The Labute approximate surface area is 104 Å². The highest BCUT2D eigenvalue weighted by molar-refractivity contribution is 7.89. The Kier molecular flexibility index (Phi) is 3.42. The smallest absolute Gasteiger partial charge is 0.241 e. The summed E-state index contributed by atoms with van der Waals surface area (Å²) >= 11 is 0. The fourth-order valence-electron chi connectivity index (χ4n) is 1.47. The quantitative estimate of drug-likeness (QED) is 0.844. The molecule has 0 atom stereocenters. The third kappa shape index (κ3) is 3.36. The average Bonchev–Trinajstić information content (AvgIpc) is 2.66. The third-order valence-electron chi connectivity index (χ3n) is 2.21. The van der Waals surface area contributed by atoms with Crippen LogP contribution in [0.25, 0.3) is 0 Å². The van der Waals surface area contributed by atoms with Crippen LogP contribution in [0.5, 0.6) is 0 Å². The van der Waals surface area contributed by atoms with Gasteiger partial charge in [0.1, 0.15) is 11.6 Å². The van der Waals surface area contributed by atoms with E-state index >= 15 is 0 Å². The van der Waals surface area contributed by atoms with E-state index in [0.29, 0.717) is 11.4 Å². The lowest BCUT2D eigenvalue weighted by Crippen LogP contribution is -2.08. The lowest BCUT2D eigenvalue weighted by Gasteiger charge is -2.01. The van der Waals surface area contributed by atoms with E-state index in [2.05, 4.69) is 10.1 Å². The molecule has 2 rings (SSSR count). The van der Waals surface area contributed by atoms with Crippen molar-refractivity contribution >= 4 is 9.84 Å². The highest BCUT2D eigenvalue weighted by atomic mass is 32.2. The van der Waals surface area contributed by atoms with Crippen molar-refractivity contribution in [2.75, 3.05) is 0 Å². The summed E-state index contributed by atoms with van der Waals surface area (Å²) in [5.41, 5.74) is 0.521. The maximum Gasteiger partial charge on any atom is 0.241 e. The highest BCUT2D eigenvalue weighted by Crippen LogP contribution is 2.12. The fraction of sp³-hybridized carbons (Fsp3) is 0.273.